The Bertz CT molecular complexity index is 584. The number of aliphatic hydroxyl groups is 1. The largest absolute Gasteiger partial charge is 0.394 e. The molecule has 0 spiro atoms. The molecule has 0 aromatic heterocycles. The second kappa shape index (κ2) is 8.97. The van der Waals surface area contributed by atoms with Gasteiger partial charge in [-0.15, -0.1) is 0 Å². The molecule has 1 aliphatic rings. The molecule has 1 heterocycles. The maximum absolute atomic E-state index is 12.3. The molecule has 4 atom stereocenters. The van der Waals surface area contributed by atoms with Gasteiger partial charge in [0.15, 0.2) is 0 Å². The maximum Gasteiger partial charge on any atom is 0.253 e. The number of nitrogens with one attached hydrogen (secondary N) is 2. The van der Waals surface area contributed by atoms with E-state index in [1.54, 1.807) is 12.1 Å². The summed E-state index contributed by atoms with van der Waals surface area (Å²) in [5.41, 5.74) is 1.54. The number of rotatable bonds is 7. The van der Waals surface area contributed by atoms with Crippen molar-refractivity contribution in [2.45, 2.75) is 58.3 Å². The number of anilines is 1. The molecule has 0 aliphatic carbocycles. The van der Waals surface area contributed by atoms with Crippen LogP contribution in [0.4, 0.5) is 5.69 Å². The summed E-state index contributed by atoms with van der Waals surface area (Å²) in [5, 5.41) is 14.8. The van der Waals surface area contributed by atoms with Gasteiger partial charge in [0.2, 0.25) is 5.91 Å². The third-order valence-electron chi connectivity index (χ3n) is 4.52. The van der Waals surface area contributed by atoms with E-state index in [9.17, 15) is 9.59 Å². The van der Waals surface area contributed by atoms with Crippen LogP contribution in [0.1, 0.15) is 39.2 Å². The molecule has 1 saturated heterocycles. The molecular formula is C19H28N2O4. The molecule has 0 saturated carbocycles. The van der Waals surface area contributed by atoms with E-state index < -0.39 is 6.10 Å². The van der Waals surface area contributed by atoms with E-state index in [1.165, 1.54) is 0 Å². The van der Waals surface area contributed by atoms with Gasteiger partial charge in [0, 0.05) is 5.69 Å². The lowest BCUT2D eigenvalue weighted by atomic mass is 10.0. The summed E-state index contributed by atoms with van der Waals surface area (Å²) in [5.74, 6) is -0.0491. The minimum atomic E-state index is -0.412. The van der Waals surface area contributed by atoms with Crippen molar-refractivity contribution in [3.8, 4) is 0 Å². The molecule has 6 heteroatoms. The van der Waals surface area contributed by atoms with E-state index in [2.05, 4.69) is 10.6 Å². The Morgan fingerprint density at radius 2 is 1.96 bits per heavy atom. The van der Waals surface area contributed by atoms with E-state index in [-0.39, 0.29) is 42.9 Å². The summed E-state index contributed by atoms with van der Waals surface area (Å²) in [6.07, 6.45) is 1.51. The number of benzene rings is 1. The van der Waals surface area contributed by atoms with Gasteiger partial charge in [0.25, 0.3) is 5.91 Å². The number of carbonyl (C=O) groups is 2. The summed E-state index contributed by atoms with van der Waals surface area (Å²) >= 11 is 0. The van der Waals surface area contributed by atoms with Crippen LogP contribution in [0, 0.1) is 5.92 Å². The third-order valence-corrected chi connectivity index (χ3v) is 4.52. The quantitative estimate of drug-likeness (QED) is 0.702. The number of carbonyl (C=O) groups excluding carboxylic acids is 2. The van der Waals surface area contributed by atoms with Crippen LogP contribution in [0.3, 0.4) is 0 Å². The predicted octanol–water partition coefficient (Wildman–Crippen LogP) is 1.87. The van der Waals surface area contributed by atoms with Gasteiger partial charge in [-0.3, -0.25) is 9.59 Å². The Kier molecular flexibility index (Phi) is 6.96. The van der Waals surface area contributed by atoms with Crippen molar-refractivity contribution in [2.75, 3.05) is 11.9 Å². The highest BCUT2D eigenvalue weighted by molar-refractivity contribution is 5.94. The topological polar surface area (TPSA) is 87.7 Å². The van der Waals surface area contributed by atoms with Crippen LogP contribution in [-0.4, -0.2) is 41.8 Å². The van der Waals surface area contributed by atoms with Gasteiger partial charge in [-0.05, 0) is 43.4 Å². The fourth-order valence-corrected chi connectivity index (χ4v) is 3.07. The normalized spacial score (nSPS) is 23.9. The molecule has 0 radical (unpaired) electrons. The fraction of sp³-hybridized carbons (Fsp3) is 0.579. The van der Waals surface area contributed by atoms with Crippen molar-refractivity contribution in [3.05, 3.63) is 29.8 Å². The highest BCUT2D eigenvalue weighted by Crippen LogP contribution is 2.26. The van der Waals surface area contributed by atoms with Crippen LogP contribution in [0.5, 0.6) is 0 Å². The van der Waals surface area contributed by atoms with Crippen molar-refractivity contribution in [2.24, 2.45) is 5.92 Å². The second-order valence-electron chi connectivity index (χ2n) is 6.80. The van der Waals surface area contributed by atoms with Crippen LogP contribution in [0.2, 0.25) is 0 Å². The SMILES string of the molecule is CC[C@H](CO)NC(=O)Cc1ccc(NC(=O)[C@@H]2O[C@H](C)C[C@@H]2C)cc1. The van der Waals surface area contributed by atoms with Gasteiger partial charge >= 0.3 is 0 Å². The lowest BCUT2D eigenvalue weighted by Crippen LogP contribution is -2.37. The monoisotopic (exact) mass is 348 g/mol. The van der Waals surface area contributed by atoms with E-state index in [0.29, 0.717) is 12.1 Å². The van der Waals surface area contributed by atoms with E-state index >= 15 is 0 Å². The van der Waals surface area contributed by atoms with Crippen LogP contribution >= 0.6 is 0 Å². The van der Waals surface area contributed by atoms with Crippen molar-refractivity contribution in [3.63, 3.8) is 0 Å². The Morgan fingerprint density at radius 3 is 2.48 bits per heavy atom. The van der Waals surface area contributed by atoms with E-state index in [4.69, 9.17) is 9.84 Å². The number of amides is 2. The van der Waals surface area contributed by atoms with Crippen LogP contribution < -0.4 is 10.6 Å². The molecule has 0 bridgehead atoms. The van der Waals surface area contributed by atoms with Crippen LogP contribution in [0.25, 0.3) is 0 Å². The van der Waals surface area contributed by atoms with Crippen molar-refractivity contribution < 1.29 is 19.4 Å². The van der Waals surface area contributed by atoms with E-state index in [1.807, 2.05) is 32.9 Å². The van der Waals surface area contributed by atoms with Gasteiger partial charge in [0.1, 0.15) is 6.10 Å². The van der Waals surface area contributed by atoms with Crippen molar-refractivity contribution >= 4 is 17.5 Å². The van der Waals surface area contributed by atoms with E-state index in [0.717, 1.165) is 12.0 Å². The zero-order chi connectivity index (χ0) is 18.4. The van der Waals surface area contributed by atoms with Crippen molar-refractivity contribution in [1.82, 2.24) is 5.32 Å². The molecule has 1 aromatic rings. The predicted molar refractivity (Wildman–Crippen MR) is 96.2 cm³/mol. The first-order valence-electron chi connectivity index (χ1n) is 8.88. The Hall–Kier alpha value is -1.92. The first-order chi connectivity index (χ1) is 11.9. The average Bonchev–Trinajstić information content (AvgIpc) is 2.93. The summed E-state index contributed by atoms with van der Waals surface area (Å²) < 4.78 is 5.66. The fourth-order valence-electron chi connectivity index (χ4n) is 3.07. The van der Waals surface area contributed by atoms with Gasteiger partial charge in [-0.1, -0.05) is 26.0 Å². The minimum absolute atomic E-state index is 0.0620. The molecule has 1 aliphatic heterocycles. The van der Waals surface area contributed by atoms with Gasteiger partial charge in [0.05, 0.1) is 25.2 Å². The Labute approximate surface area is 149 Å². The average molecular weight is 348 g/mol. The summed E-state index contributed by atoms with van der Waals surface area (Å²) in [7, 11) is 0. The summed E-state index contributed by atoms with van der Waals surface area (Å²) in [6, 6.07) is 6.99. The Morgan fingerprint density at radius 1 is 1.28 bits per heavy atom. The number of hydrogen-bond donors (Lipinski definition) is 3. The van der Waals surface area contributed by atoms with Gasteiger partial charge < -0.3 is 20.5 Å². The first-order valence-corrected chi connectivity index (χ1v) is 8.88. The standard InChI is InChI=1S/C19H28N2O4/c1-4-15(11-22)20-17(23)10-14-5-7-16(8-6-14)21-19(24)18-12(2)9-13(3)25-18/h5-8,12-13,15,18,22H,4,9-11H2,1-3H3,(H,20,23)(H,21,24)/t12-,13+,15+,18+/m0/s1. The first kappa shape index (κ1) is 19.4. The minimum Gasteiger partial charge on any atom is -0.394 e. The van der Waals surface area contributed by atoms with Crippen LogP contribution in [0.15, 0.2) is 24.3 Å². The molecule has 25 heavy (non-hydrogen) atoms. The molecule has 6 nitrogen and oxygen atoms in total. The molecule has 2 amide bonds. The summed E-state index contributed by atoms with van der Waals surface area (Å²) in [6.45, 7) is 5.84. The smallest absolute Gasteiger partial charge is 0.253 e. The highest BCUT2D eigenvalue weighted by Gasteiger charge is 2.34. The second-order valence-corrected chi connectivity index (χ2v) is 6.80. The molecule has 0 unspecified atom stereocenters. The maximum atomic E-state index is 12.3. The van der Waals surface area contributed by atoms with Crippen molar-refractivity contribution in [1.29, 1.82) is 0 Å². The van der Waals surface area contributed by atoms with Gasteiger partial charge in [-0.25, -0.2) is 0 Å². The zero-order valence-electron chi connectivity index (χ0n) is 15.1. The Balaban J connectivity index is 1.87. The highest BCUT2D eigenvalue weighted by atomic mass is 16.5. The number of aliphatic hydroxyl groups excluding tert-OH is 1. The number of ether oxygens (including phenoxy) is 1. The molecule has 3 N–H and O–H groups in total. The lowest BCUT2D eigenvalue weighted by Gasteiger charge is -2.15. The number of hydrogen-bond acceptors (Lipinski definition) is 4. The molecule has 138 valence electrons. The molecule has 1 aromatic carbocycles. The zero-order valence-corrected chi connectivity index (χ0v) is 15.1. The molecule has 2 rings (SSSR count). The lowest BCUT2D eigenvalue weighted by molar-refractivity contribution is -0.127. The van der Waals surface area contributed by atoms with Gasteiger partial charge in [-0.2, -0.15) is 0 Å². The molecular weight excluding hydrogens is 320 g/mol. The molecule has 1 fully saturated rings. The summed E-state index contributed by atoms with van der Waals surface area (Å²) in [4.78, 5) is 24.2. The third kappa shape index (κ3) is 5.54. The van der Waals surface area contributed by atoms with Crippen LogP contribution in [-0.2, 0) is 20.7 Å².